The third-order valence-corrected chi connectivity index (χ3v) is 20.1. The van der Waals surface area contributed by atoms with E-state index in [-0.39, 0.29) is 25.7 Å². The molecule has 6 rings (SSSR count). The Morgan fingerprint density at radius 3 is 1.81 bits per heavy atom. The summed E-state index contributed by atoms with van der Waals surface area (Å²) < 4.78 is 7.09. The molecule has 2 aromatic rings. The average molecular weight is 861 g/mol. The van der Waals surface area contributed by atoms with E-state index in [0.29, 0.717) is 23.9 Å². The van der Waals surface area contributed by atoms with Crippen molar-refractivity contribution < 1.29 is 25.6 Å². The van der Waals surface area contributed by atoms with Gasteiger partial charge in [-0.05, 0) is 118 Å². The molecule has 4 aliphatic rings. The van der Waals surface area contributed by atoms with Gasteiger partial charge in [0.2, 0.25) is 0 Å². The van der Waals surface area contributed by atoms with Gasteiger partial charge in [-0.25, -0.2) is 0 Å². The van der Waals surface area contributed by atoms with E-state index in [0.717, 1.165) is 59.1 Å². The summed E-state index contributed by atoms with van der Waals surface area (Å²) in [4.78, 5) is 0. The van der Waals surface area contributed by atoms with Crippen LogP contribution in [-0.4, -0.2) is 20.8 Å². The Balaban J connectivity index is 0.00000146. The van der Waals surface area contributed by atoms with Crippen LogP contribution in [0.5, 0.6) is 0 Å². The summed E-state index contributed by atoms with van der Waals surface area (Å²) >= 11 is -0.826. The predicted octanol–water partition coefficient (Wildman–Crippen LogP) is 15.4. The zero-order chi connectivity index (χ0) is 37.5. The van der Waals surface area contributed by atoms with Gasteiger partial charge in [-0.3, -0.25) is 0 Å². The van der Waals surface area contributed by atoms with Crippen molar-refractivity contribution in [2.24, 2.45) is 52.8 Å². The molecular weight excluding hydrogens is 783 g/mol. The Labute approximate surface area is 349 Å². The molecule has 0 aromatic heterocycles. The predicted molar refractivity (Wildman–Crippen MR) is 234 cm³/mol. The minimum atomic E-state index is -1.66. The van der Waals surface area contributed by atoms with Gasteiger partial charge in [0.25, 0.3) is 0 Å². The fourth-order valence-corrected chi connectivity index (χ4v) is 19.7. The molecule has 0 N–H and O–H groups in total. The van der Waals surface area contributed by atoms with E-state index in [1.807, 2.05) is 0 Å². The Morgan fingerprint density at radius 2 is 1.28 bits per heavy atom. The summed E-state index contributed by atoms with van der Waals surface area (Å²) in [5.41, 5.74) is 6.96. The first kappa shape index (κ1) is 47.5. The van der Waals surface area contributed by atoms with Crippen LogP contribution in [0.25, 0.3) is 0 Å². The molecule has 4 fully saturated rings. The standard InChI is InChI=1S/C46H72OSi.2CH3.2ClH.Zr/c1-29(2)28-47-42-40(46(8,9)10)27-39-38(41(42)33-17-14-13-15-18-33)26-31(4)44(39)48(11,12)43-30(3)25-37-35(19-16-20-36(37)43)32-21-23-34(24-22-32)45(5,6)7;;;;;/h13-15,17-18,21-24,29-31,35-44H,16,19-20,25-28H2,1-12H3;2*1H3;2*1H;/q;2*-1;;;+4/p-2. The van der Waals surface area contributed by atoms with Gasteiger partial charge in [0, 0.05) is 12.5 Å². The second-order valence-corrected chi connectivity index (χ2v) is 29.5. The molecule has 298 valence electrons. The van der Waals surface area contributed by atoms with E-state index >= 15 is 0 Å². The molecule has 53 heavy (non-hydrogen) atoms. The Kier molecular flexibility index (Phi) is 17.2. The SMILES string of the molecule is CC(C)COC1C(c2ccccc2)C2CC(C)C([Si](C)(C)C3C(C)CC4C(c5ccc(C(C)(C)C)cc5)CCCC43)C2CC1C(C)(C)C.[CH3-].[CH3-].[Cl][Zr+2][Cl]. The van der Waals surface area contributed by atoms with E-state index in [1.165, 1.54) is 44.1 Å². The molecule has 0 heterocycles. The monoisotopic (exact) mass is 858 g/mol. The van der Waals surface area contributed by atoms with Gasteiger partial charge < -0.3 is 19.6 Å². The van der Waals surface area contributed by atoms with Crippen molar-refractivity contribution in [1.82, 2.24) is 0 Å². The third-order valence-electron chi connectivity index (χ3n) is 14.7. The summed E-state index contributed by atoms with van der Waals surface area (Å²) in [5, 5.41) is 0. The Hall–Kier alpha value is 0.0800. The molecule has 2 aromatic carbocycles. The van der Waals surface area contributed by atoms with E-state index in [9.17, 15) is 0 Å². The number of halogens is 2. The maximum absolute atomic E-state index is 7.09. The van der Waals surface area contributed by atoms with Crippen LogP contribution in [0, 0.1) is 67.6 Å². The van der Waals surface area contributed by atoms with Gasteiger partial charge in [0.15, 0.2) is 0 Å². The molecule has 0 bridgehead atoms. The molecule has 1 nitrogen and oxygen atoms in total. The van der Waals surface area contributed by atoms with Crippen LogP contribution in [0.1, 0.15) is 136 Å². The summed E-state index contributed by atoms with van der Waals surface area (Å²) in [5.74, 6) is 7.44. The molecule has 12 unspecified atom stereocenters. The van der Waals surface area contributed by atoms with E-state index in [2.05, 4.69) is 137 Å². The molecule has 0 radical (unpaired) electrons. The quantitative estimate of drug-likeness (QED) is 0.199. The second kappa shape index (κ2) is 19.2. The van der Waals surface area contributed by atoms with E-state index in [1.54, 1.807) is 11.1 Å². The van der Waals surface area contributed by atoms with Crippen LogP contribution in [-0.2, 0) is 31.0 Å². The number of hydrogen-bond donors (Lipinski definition) is 0. The first-order chi connectivity index (χ1) is 23.9. The topological polar surface area (TPSA) is 9.23 Å². The summed E-state index contributed by atoms with van der Waals surface area (Å²) in [6, 6.07) is 21.6. The minimum absolute atomic E-state index is 0. The molecule has 0 spiro atoms. The van der Waals surface area contributed by atoms with Gasteiger partial charge in [-0.15, -0.1) is 0 Å². The van der Waals surface area contributed by atoms with Crippen molar-refractivity contribution in [2.75, 3.05) is 6.61 Å². The van der Waals surface area contributed by atoms with Crippen LogP contribution >= 0.6 is 17.0 Å². The molecule has 4 saturated carbocycles. The van der Waals surface area contributed by atoms with Crippen molar-refractivity contribution in [3.8, 4) is 0 Å². The fraction of sp³-hybridized carbons (Fsp3) is 0.708. The van der Waals surface area contributed by atoms with Crippen molar-refractivity contribution in [2.45, 2.75) is 155 Å². The van der Waals surface area contributed by atoms with E-state index < -0.39 is 28.9 Å². The second-order valence-electron chi connectivity index (χ2n) is 20.8. The maximum atomic E-state index is 7.09. The van der Waals surface area contributed by atoms with Gasteiger partial charge in [0.05, 0.1) is 14.2 Å². The summed E-state index contributed by atoms with van der Waals surface area (Å²) in [7, 11) is 8.21. The van der Waals surface area contributed by atoms with Crippen LogP contribution in [0.2, 0.25) is 24.2 Å². The van der Waals surface area contributed by atoms with Crippen molar-refractivity contribution in [3.05, 3.63) is 86.1 Å². The molecule has 0 amide bonds. The Bertz CT molecular complexity index is 1380. The number of fused-ring (bicyclic) bond motifs is 2. The van der Waals surface area contributed by atoms with Crippen molar-refractivity contribution >= 4 is 25.1 Å². The van der Waals surface area contributed by atoms with E-state index in [4.69, 9.17) is 21.8 Å². The zero-order valence-corrected chi connectivity index (χ0v) is 41.3. The average Bonchev–Trinajstić information content (AvgIpc) is 3.59. The van der Waals surface area contributed by atoms with Crippen molar-refractivity contribution in [3.63, 3.8) is 0 Å². The molecule has 12 atom stereocenters. The molecular formula is C48H78Cl2OSiZr. The number of rotatable bonds is 7. The van der Waals surface area contributed by atoms with Gasteiger partial charge >= 0.3 is 37.9 Å². The summed E-state index contributed by atoms with van der Waals surface area (Å²) in [6.45, 7) is 31.3. The fourth-order valence-electron chi connectivity index (χ4n) is 13.1. The summed E-state index contributed by atoms with van der Waals surface area (Å²) in [6.07, 6.45) is 8.81. The molecule has 4 aliphatic carbocycles. The van der Waals surface area contributed by atoms with Crippen LogP contribution in [0.3, 0.4) is 0 Å². The number of ether oxygens (including phenoxy) is 1. The number of benzene rings is 2. The molecule has 0 aliphatic heterocycles. The van der Waals surface area contributed by atoms with Crippen molar-refractivity contribution in [1.29, 1.82) is 0 Å². The first-order valence-corrected chi connectivity index (χ1v) is 30.1. The van der Waals surface area contributed by atoms with Crippen LogP contribution in [0.15, 0.2) is 54.6 Å². The first-order valence-electron chi connectivity index (χ1n) is 20.6. The van der Waals surface area contributed by atoms with Gasteiger partial charge in [0.1, 0.15) is 0 Å². The molecule has 5 heteroatoms. The van der Waals surface area contributed by atoms with Gasteiger partial charge in [-0.2, -0.15) is 0 Å². The molecule has 0 saturated heterocycles. The normalized spacial score (nSPS) is 34.1. The van der Waals surface area contributed by atoms with Gasteiger partial charge in [-0.1, -0.05) is 150 Å². The zero-order valence-electron chi connectivity index (χ0n) is 36.3. The number of hydrogen-bond acceptors (Lipinski definition) is 1. The Morgan fingerprint density at radius 1 is 0.736 bits per heavy atom. The van der Waals surface area contributed by atoms with Crippen LogP contribution in [0.4, 0.5) is 0 Å². The van der Waals surface area contributed by atoms with Crippen LogP contribution < -0.4 is 0 Å². The third kappa shape index (κ3) is 10.2.